The molecule has 1 atom stereocenters. The molecule has 0 spiro atoms. The van der Waals surface area contributed by atoms with Crippen LogP contribution < -0.4 is 0 Å². The fourth-order valence-electron chi connectivity index (χ4n) is 1.26. The molecule has 5 heteroatoms. The lowest BCUT2D eigenvalue weighted by Gasteiger charge is -2.06. The summed E-state index contributed by atoms with van der Waals surface area (Å²) in [4.78, 5) is 4.70. The Balaban J connectivity index is 2.13. The molecule has 1 aromatic carbocycles. The normalized spacial score (nSPS) is 12.7. The molecule has 3 nitrogen and oxygen atoms in total. The number of aromatic nitrogens is 2. The predicted octanol–water partition coefficient (Wildman–Crippen LogP) is 3.37. The van der Waals surface area contributed by atoms with Crippen LogP contribution in [-0.2, 0) is 0 Å². The summed E-state index contributed by atoms with van der Waals surface area (Å²) in [6, 6.07) is 6.64. The van der Waals surface area contributed by atoms with Gasteiger partial charge in [-0.1, -0.05) is 17.3 Å². The summed E-state index contributed by atoms with van der Waals surface area (Å²) in [7, 11) is 0. The molecule has 0 N–H and O–H groups in total. The summed E-state index contributed by atoms with van der Waals surface area (Å²) >= 11 is 1.37. The van der Waals surface area contributed by atoms with E-state index >= 15 is 0 Å². The molecular weight excluding hydrogens is 227 g/mol. The quantitative estimate of drug-likeness (QED) is 0.768. The van der Waals surface area contributed by atoms with Gasteiger partial charge >= 0.3 is 0 Å². The first-order chi connectivity index (χ1) is 7.66. The van der Waals surface area contributed by atoms with Crippen LogP contribution in [0.3, 0.4) is 0 Å². The van der Waals surface area contributed by atoms with Crippen molar-refractivity contribution in [3.8, 4) is 0 Å². The Morgan fingerprint density at radius 1 is 1.38 bits per heavy atom. The Bertz CT molecular complexity index is 486. The van der Waals surface area contributed by atoms with Gasteiger partial charge in [0.25, 0.3) is 0 Å². The largest absolute Gasteiger partial charge is 0.338 e. The molecule has 0 aliphatic heterocycles. The van der Waals surface area contributed by atoms with Gasteiger partial charge in [-0.3, -0.25) is 0 Å². The summed E-state index contributed by atoms with van der Waals surface area (Å²) in [5.74, 6) is 0.886. The van der Waals surface area contributed by atoms with Gasteiger partial charge in [0.2, 0.25) is 5.89 Å². The molecule has 2 aromatic rings. The Labute approximate surface area is 97.1 Å². The van der Waals surface area contributed by atoms with Gasteiger partial charge in [-0.25, -0.2) is 4.39 Å². The van der Waals surface area contributed by atoms with Crippen molar-refractivity contribution in [1.82, 2.24) is 10.1 Å². The molecule has 0 bridgehead atoms. The Morgan fingerprint density at radius 2 is 2.12 bits per heavy atom. The second kappa shape index (κ2) is 4.65. The van der Waals surface area contributed by atoms with Gasteiger partial charge in [-0.2, -0.15) is 4.98 Å². The fourth-order valence-corrected chi connectivity index (χ4v) is 2.17. The van der Waals surface area contributed by atoms with Gasteiger partial charge in [0.05, 0.1) is 5.25 Å². The summed E-state index contributed by atoms with van der Waals surface area (Å²) in [6.07, 6.45) is 0. The molecule has 16 heavy (non-hydrogen) atoms. The number of benzene rings is 1. The molecule has 0 amide bonds. The highest BCUT2D eigenvalue weighted by molar-refractivity contribution is 7.99. The van der Waals surface area contributed by atoms with E-state index in [1.807, 2.05) is 6.92 Å². The lowest BCUT2D eigenvalue weighted by molar-refractivity contribution is 0.376. The van der Waals surface area contributed by atoms with Crippen molar-refractivity contribution in [3.63, 3.8) is 0 Å². The number of hydrogen-bond donors (Lipinski definition) is 0. The van der Waals surface area contributed by atoms with Gasteiger partial charge in [-0.15, -0.1) is 11.8 Å². The standard InChI is InChI=1S/C11H11FN2OS/c1-7(11-13-8(2)14-15-11)16-10-6-4-3-5-9(10)12/h3-7H,1-2H3/t7-/m1/s1. The molecule has 0 aliphatic carbocycles. The third-order valence-corrected chi connectivity index (χ3v) is 3.17. The number of hydrogen-bond acceptors (Lipinski definition) is 4. The first-order valence-corrected chi connectivity index (χ1v) is 5.76. The van der Waals surface area contributed by atoms with E-state index in [0.29, 0.717) is 16.6 Å². The zero-order valence-electron chi connectivity index (χ0n) is 8.98. The zero-order valence-corrected chi connectivity index (χ0v) is 9.79. The highest BCUT2D eigenvalue weighted by Crippen LogP contribution is 2.34. The molecule has 0 saturated carbocycles. The van der Waals surface area contributed by atoms with Crippen molar-refractivity contribution in [2.75, 3.05) is 0 Å². The lowest BCUT2D eigenvalue weighted by Crippen LogP contribution is -1.90. The highest BCUT2D eigenvalue weighted by atomic mass is 32.2. The summed E-state index contributed by atoms with van der Waals surface area (Å²) in [5.41, 5.74) is 0. The Kier molecular flexibility index (Phi) is 3.24. The van der Waals surface area contributed by atoms with E-state index in [-0.39, 0.29) is 11.1 Å². The van der Waals surface area contributed by atoms with Crippen LogP contribution in [0.5, 0.6) is 0 Å². The summed E-state index contributed by atoms with van der Waals surface area (Å²) in [5, 5.41) is 3.65. The topological polar surface area (TPSA) is 38.9 Å². The summed E-state index contributed by atoms with van der Waals surface area (Å²) < 4.78 is 18.4. The predicted molar refractivity (Wildman–Crippen MR) is 59.7 cm³/mol. The monoisotopic (exact) mass is 238 g/mol. The molecular formula is C11H11FN2OS. The van der Waals surface area contributed by atoms with E-state index in [9.17, 15) is 4.39 Å². The van der Waals surface area contributed by atoms with Gasteiger partial charge in [0.1, 0.15) is 5.82 Å². The minimum Gasteiger partial charge on any atom is -0.338 e. The van der Waals surface area contributed by atoms with E-state index < -0.39 is 0 Å². The van der Waals surface area contributed by atoms with E-state index in [2.05, 4.69) is 10.1 Å². The van der Waals surface area contributed by atoms with Crippen LogP contribution in [0.1, 0.15) is 23.9 Å². The molecule has 2 rings (SSSR count). The van der Waals surface area contributed by atoms with Crippen molar-refractivity contribution in [2.45, 2.75) is 24.0 Å². The van der Waals surface area contributed by atoms with Crippen LogP contribution in [0.25, 0.3) is 0 Å². The van der Waals surface area contributed by atoms with Crippen LogP contribution >= 0.6 is 11.8 Å². The zero-order chi connectivity index (χ0) is 11.5. The van der Waals surface area contributed by atoms with Crippen molar-refractivity contribution < 1.29 is 8.91 Å². The maximum Gasteiger partial charge on any atom is 0.239 e. The number of rotatable bonds is 3. The number of halogens is 1. The van der Waals surface area contributed by atoms with Crippen LogP contribution in [0.15, 0.2) is 33.7 Å². The number of nitrogens with zero attached hydrogens (tertiary/aromatic N) is 2. The SMILES string of the molecule is Cc1noc([C@@H](C)Sc2ccccc2F)n1. The van der Waals surface area contributed by atoms with Crippen LogP contribution in [-0.4, -0.2) is 10.1 Å². The maximum absolute atomic E-state index is 13.4. The summed E-state index contributed by atoms with van der Waals surface area (Å²) in [6.45, 7) is 3.66. The second-order valence-electron chi connectivity index (χ2n) is 3.37. The average Bonchev–Trinajstić information content (AvgIpc) is 2.68. The number of thioether (sulfide) groups is 1. The minimum atomic E-state index is -0.226. The molecule has 0 saturated heterocycles. The second-order valence-corrected chi connectivity index (χ2v) is 4.75. The van der Waals surface area contributed by atoms with Crippen LogP contribution in [0.4, 0.5) is 4.39 Å². The Hall–Kier alpha value is -1.36. The van der Waals surface area contributed by atoms with Gasteiger partial charge in [0.15, 0.2) is 5.82 Å². The first kappa shape index (κ1) is 11.1. The third kappa shape index (κ3) is 2.41. The molecule has 0 unspecified atom stereocenters. The Morgan fingerprint density at radius 3 is 2.75 bits per heavy atom. The molecule has 84 valence electrons. The third-order valence-electron chi connectivity index (χ3n) is 2.03. The fraction of sp³-hybridized carbons (Fsp3) is 0.273. The van der Waals surface area contributed by atoms with E-state index in [0.717, 1.165) is 0 Å². The number of aryl methyl sites for hydroxylation is 1. The van der Waals surface area contributed by atoms with Crippen molar-refractivity contribution in [3.05, 3.63) is 41.8 Å². The maximum atomic E-state index is 13.4. The molecule has 1 aromatic heterocycles. The van der Waals surface area contributed by atoms with Crippen molar-refractivity contribution in [1.29, 1.82) is 0 Å². The minimum absolute atomic E-state index is 0.0573. The average molecular weight is 238 g/mol. The molecule has 0 aliphatic rings. The smallest absolute Gasteiger partial charge is 0.239 e. The van der Waals surface area contributed by atoms with Gasteiger partial charge in [0, 0.05) is 4.90 Å². The van der Waals surface area contributed by atoms with Crippen LogP contribution in [0.2, 0.25) is 0 Å². The first-order valence-electron chi connectivity index (χ1n) is 4.88. The van der Waals surface area contributed by atoms with Gasteiger partial charge in [-0.05, 0) is 26.0 Å². The van der Waals surface area contributed by atoms with Crippen LogP contribution in [0, 0.1) is 12.7 Å². The van der Waals surface area contributed by atoms with Gasteiger partial charge < -0.3 is 4.52 Å². The lowest BCUT2D eigenvalue weighted by atomic mass is 10.3. The molecule has 1 heterocycles. The van der Waals surface area contributed by atoms with E-state index in [1.165, 1.54) is 17.8 Å². The highest BCUT2D eigenvalue weighted by Gasteiger charge is 2.15. The van der Waals surface area contributed by atoms with Crippen molar-refractivity contribution >= 4 is 11.8 Å². The molecule has 0 radical (unpaired) electrons. The van der Waals surface area contributed by atoms with Crippen molar-refractivity contribution in [2.24, 2.45) is 0 Å². The molecule has 0 fully saturated rings. The van der Waals surface area contributed by atoms with E-state index in [1.54, 1.807) is 25.1 Å². The van der Waals surface area contributed by atoms with E-state index in [4.69, 9.17) is 4.52 Å².